The van der Waals surface area contributed by atoms with Crippen molar-refractivity contribution in [1.82, 2.24) is 4.31 Å². The molecule has 1 unspecified atom stereocenters. The Hall–Kier alpha value is -1.80. The molecule has 1 atom stereocenters. The largest absolute Gasteiger partial charge is 0.494 e. The summed E-state index contributed by atoms with van der Waals surface area (Å²) in [4.78, 5) is 11.2. The molecule has 0 saturated carbocycles. The third-order valence-electron chi connectivity index (χ3n) is 3.79. The Labute approximate surface area is 142 Å². The molecular formula is C16H23NO6S. The van der Waals surface area contributed by atoms with Crippen LogP contribution in [0.4, 0.5) is 0 Å². The average Bonchev–Trinajstić information content (AvgIpc) is 2.43. The van der Waals surface area contributed by atoms with Gasteiger partial charge in [0.25, 0.3) is 0 Å². The van der Waals surface area contributed by atoms with Gasteiger partial charge in [-0.3, -0.25) is 4.79 Å². The number of benzene rings is 1. The first-order valence-electron chi connectivity index (χ1n) is 7.68. The predicted octanol–water partition coefficient (Wildman–Crippen LogP) is 2.03. The molecule has 24 heavy (non-hydrogen) atoms. The topological polar surface area (TPSA) is 93.1 Å². The van der Waals surface area contributed by atoms with E-state index in [-0.39, 0.29) is 0 Å². The van der Waals surface area contributed by atoms with E-state index in [2.05, 4.69) is 0 Å². The second kappa shape index (κ2) is 6.60. The standard InChI is InChI=1S/C16H23NO6S/c1-5-22-11-6-7-14-12(8-11)13(9-16(2,3)23-14)17(10-15(18)19)24(4,20)21/h6-8,13H,5,9-10H2,1-4H3,(H,18,19). The fourth-order valence-electron chi connectivity index (χ4n) is 2.90. The fourth-order valence-corrected chi connectivity index (χ4v) is 3.90. The maximum atomic E-state index is 12.2. The van der Waals surface area contributed by atoms with E-state index in [1.54, 1.807) is 18.2 Å². The molecule has 0 bridgehead atoms. The SMILES string of the molecule is CCOc1ccc2c(c1)C(N(CC(=O)O)S(C)(=O)=O)CC(C)(C)O2. The van der Waals surface area contributed by atoms with Gasteiger partial charge in [-0.15, -0.1) is 0 Å². The lowest BCUT2D eigenvalue weighted by molar-refractivity contribution is -0.137. The molecule has 0 amide bonds. The van der Waals surface area contributed by atoms with Gasteiger partial charge in [0.15, 0.2) is 0 Å². The van der Waals surface area contributed by atoms with Gasteiger partial charge >= 0.3 is 5.97 Å². The lowest BCUT2D eigenvalue weighted by atomic mass is 9.89. The van der Waals surface area contributed by atoms with Crippen molar-refractivity contribution in [3.8, 4) is 11.5 Å². The van der Waals surface area contributed by atoms with Gasteiger partial charge in [-0.1, -0.05) is 0 Å². The zero-order valence-corrected chi connectivity index (χ0v) is 15.1. The Balaban J connectivity index is 2.55. The highest BCUT2D eigenvalue weighted by Crippen LogP contribution is 2.44. The Morgan fingerprint density at radius 3 is 2.67 bits per heavy atom. The Morgan fingerprint density at radius 1 is 1.46 bits per heavy atom. The summed E-state index contributed by atoms with van der Waals surface area (Å²) in [6.07, 6.45) is 1.36. The number of carboxylic acids is 1. The highest BCUT2D eigenvalue weighted by molar-refractivity contribution is 7.88. The molecule has 1 aliphatic heterocycles. The van der Waals surface area contributed by atoms with Crippen LogP contribution in [-0.4, -0.2) is 48.8 Å². The van der Waals surface area contributed by atoms with Crippen molar-refractivity contribution in [1.29, 1.82) is 0 Å². The molecule has 1 aliphatic rings. The number of rotatable bonds is 6. The van der Waals surface area contributed by atoms with E-state index in [1.165, 1.54) is 0 Å². The van der Waals surface area contributed by atoms with Crippen molar-refractivity contribution in [2.24, 2.45) is 0 Å². The van der Waals surface area contributed by atoms with Crippen LogP contribution in [0.15, 0.2) is 18.2 Å². The zero-order valence-electron chi connectivity index (χ0n) is 14.3. The van der Waals surface area contributed by atoms with Gasteiger partial charge in [-0.05, 0) is 39.0 Å². The van der Waals surface area contributed by atoms with Crippen LogP contribution in [0.25, 0.3) is 0 Å². The number of sulfonamides is 1. The summed E-state index contributed by atoms with van der Waals surface area (Å²) in [7, 11) is -3.72. The van der Waals surface area contributed by atoms with Crippen LogP contribution in [0.5, 0.6) is 11.5 Å². The first-order chi connectivity index (χ1) is 11.0. The van der Waals surface area contributed by atoms with Gasteiger partial charge in [-0.25, -0.2) is 8.42 Å². The number of nitrogens with zero attached hydrogens (tertiary/aromatic N) is 1. The summed E-state index contributed by atoms with van der Waals surface area (Å²) in [6.45, 7) is 5.42. The third-order valence-corrected chi connectivity index (χ3v) is 5.02. The average molecular weight is 357 g/mol. The van der Waals surface area contributed by atoms with Gasteiger partial charge in [0.2, 0.25) is 10.0 Å². The van der Waals surface area contributed by atoms with Gasteiger partial charge in [0.1, 0.15) is 23.6 Å². The van der Waals surface area contributed by atoms with E-state index >= 15 is 0 Å². The molecule has 0 saturated heterocycles. The summed E-state index contributed by atoms with van der Waals surface area (Å²) < 4.78 is 36.8. The molecular weight excluding hydrogens is 334 g/mol. The quantitative estimate of drug-likeness (QED) is 0.837. The zero-order chi connectivity index (χ0) is 18.1. The molecule has 0 fully saturated rings. The molecule has 1 heterocycles. The van der Waals surface area contributed by atoms with E-state index in [1.807, 2.05) is 20.8 Å². The third kappa shape index (κ3) is 4.18. The van der Waals surface area contributed by atoms with Crippen molar-refractivity contribution in [3.63, 3.8) is 0 Å². The summed E-state index contributed by atoms with van der Waals surface area (Å²) in [5, 5.41) is 9.13. The molecule has 2 rings (SSSR count). The van der Waals surface area contributed by atoms with E-state index < -0.39 is 34.2 Å². The Kier molecular flexibility index (Phi) is 5.10. The molecule has 134 valence electrons. The van der Waals surface area contributed by atoms with Crippen molar-refractivity contribution in [2.45, 2.75) is 38.8 Å². The number of hydrogen-bond acceptors (Lipinski definition) is 5. The van der Waals surface area contributed by atoms with Crippen LogP contribution < -0.4 is 9.47 Å². The van der Waals surface area contributed by atoms with E-state index in [0.717, 1.165) is 10.6 Å². The first-order valence-corrected chi connectivity index (χ1v) is 9.52. The number of hydrogen-bond donors (Lipinski definition) is 1. The summed E-state index contributed by atoms with van der Waals surface area (Å²) >= 11 is 0. The monoisotopic (exact) mass is 357 g/mol. The lowest BCUT2D eigenvalue weighted by Gasteiger charge is -2.41. The van der Waals surface area contributed by atoms with Crippen molar-refractivity contribution >= 4 is 16.0 Å². The molecule has 1 aromatic rings. The lowest BCUT2D eigenvalue weighted by Crippen LogP contribution is -2.45. The molecule has 0 spiro atoms. The van der Waals surface area contributed by atoms with Gasteiger partial charge in [0.05, 0.1) is 18.9 Å². The van der Waals surface area contributed by atoms with Crippen LogP contribution in [0.2, 0.25) is 0 Å². The maximum Gasteiger partial charge on any atom is 0.318 e. The van der Waals surface area contributed by atoms with Crippen LogP contribution in [-0.2, 0) is 14.8 Å². The van der Waals surface area contributed by atoms with E-state index in [0.29, 0.717) is 30.1 Å². The molecule has 0 aliphatic carbocycles. The summed E-state index contributed by atoms with van der Waals surface area (Å²) in [5.74, 6) is -0.0701. The van der Waals surface area contributed by atoms with Crippen LogP contribution in [0, 0.1) is 0 Å². The molecule has 8 heteroatoms. The van der Waals surface area contributed by atoms with Crippen LogP contribution in [0.1, 0.15) is 38.8 Å². The van der Waals surface area contributed by atoms with Gasteiger partial charge < -0.3 is 14.6 Å². The van der Waals surface area contributed by atoms with E-state index in [4.69, 9.17) is 14.6 Å². The molecule has 0 aromatic heterocycles. The number of aliphatic carboxylic acids is 1. The Bertz CT molecular complexity index is 728. The smallest absolute Gasteiger partial charge is 0.318 e. The van der Waals surface area contributed by atoms with Crippen LogP contribution >= 0.6 is 0 Å². The molecule has 0 radical (unpaired) electrons. The fraction of sp³-hybridized carbons (Fsp3) is 0.562. The van der Waals surface area contributed by atoms with Crippen molar-refractivity contribution in [3.05, 3.63) is 23.8 Å². The van der Waals surface area contributed by atoms with Crippen LogP contribution in [0.3, 0.4) is 0 Å². The number of carbonyl (C=O) groups is 1. The second-order valence-electron chi connectivity index (χ2n) is 6.42. The highest BCUT2D eigenvalue weighted by atomic mass is 32.2. The summed E-state index contributed by atoms with van der Waals surface area (Å²) in [5.41, 5.74) is -0.00126. The normalized spacial score (nSPS) is 19.5. The number of ether oxygens (including phenoxy) is 2. The van der Waals surface area contributed by atoms with E-state index in [9.17, 15) is 13.2 Å². The second-order valence-corrected chi connectivity index (χ2v) is 8.35. The first kappa shape index (κ1) is 18.5. The van der Waals surface area contributed by atoms with Gasteiger partial charge in [0, 0.05) is 12.0 Å². The highest BCUT2D eigenvalue weighted by Gasteiger charge is 2.40. The molecule has 7 nitrogen and oxygen atoms in total. The molecule has 1 aromatic carbocycles. The minimum absolute atomic E-state index is 0.343. The Morgan fingerprint density at radius 2 is 2.12 bits per heavy atom. The molecule has 1 N–H and O–H groups in total. The summed E-state index contributed by atoms with van der Waals surface area (Å²) in [6, 6.07) is 4.58. The minimum atomic E-state index is -3.72. The van der Waals surface area contributed by atoms with Crippen molar-refractivity contribution in [2.75, 3.05) is 19.4 Å². The number of fused-ring (bicyclic) bond motifs is 1. The van der Waals surface area contributed by atoms with Gasteiger partial charge in [-0.2, -0.15) is 4.31 Å². The number of carboxylic acid groups (broad SMARTS) is 1. The van der Waals surface area contributed by atoms with Crippen molar-refractivity contribution < 1.29 is 27.8 Å². The predicted molar refractivity (Wildman–Crippen MR) is 88.9 cm³/mol. The maximum absolute atomic E-state index is 12.2. The minimum Gasteiger partial charge on any atom is -0.494 e.